The average Bonchev–Trinajstić information content (AvgIpc) is 1.70. The van der Waals surface area contributed by atoms with Gasteiger partial charge < -0.3 is 9.80 Å². The Morgan fingerprint density at radius 3 is 1.19 bits per heavy atom. The third kappa shape index (κ3) is 9.08. The number of aryl methyl sites for hydroxylation is 1. The molecule has 0 heterocycles. The largest absolute Gasteiger partial charge is 0.310 e. The van der Waals surface area contributed by atoms with Gasteiger partial charge in [0.2, 0.25) is 0 Å². The number of nitrogens with zero attached hydrogens (tertiary/aromatic N) is 2. The number of fused-ring (bicyclic) bond motifs is 4. The number of benzene rings is 14. The van der Waals surface area contributed by atoms with Gasteiger partial charge in [-0.05, 0) is 186 Å². The molecule has 0 atom stereocenters. The van der Waals surface area contributed by atoms with Gasteiger partial charge in [0, 0.05) is 34.0 Å². The van der Waals surface area contributed by atoms with E-state index < -0.39 is 5.41 Å². The van der Waals surface area contributed by atoms with Crippen LogP contribution in [0, 0.1) is 6.92 Å². The van der Waals surface area contributed by atoms with Gasteiger partial charge >= 0.3 is 0 Å². The van der Waals surface area contributed by atoms with Crippen LogP contribution in [0.5, 0.6) is 0 Å². The van der Waals surface area contributed by atoms with Crippen LogP contribution in [0.4, 0.5) is 34.1 Å². The van der Waals surface area contributed by atoms with Gasteiger partial charge in [0.15, 0.2) is 0 Å². The molecular weight excluding hydrogens is 1040 g/mol. The molecule has 2 heteroatoms. The van der Waals surface area contributed by atoms with Crippen molar-refractivity contribution < 1.29 is 0 Å². The molecule has 86 heavy (non-hydrogen) atoms. The molecule has 0 aromatic heterocycles. The number of anilines is 6. The summed E-state index contributed by atoms with van der Waals surface area (Å²) in [6.07, 6.45) is 0. The second-order valence-corrected chi connectivity index (χ2v) is 22.4. The molecular formula is C84H60N2. The molecule has 0 fully saturated rings. The summed E-state index contributed by atoms with van der Waals surface area (Å²) in [6.45, 7) is 2.22. The molecule has 0 unspecified atom stereocenters. The molecule has 0 saturated heterocycles. The summed E-state index contributed by atoms with van der Waals surface area (Å²) >= 11 is 0. The first kappa shape index (κ1) is 51.8. The van der Waals surface area contributed by atoms with Gasteiger partial charge in [0.1, 0.15) is 0 Å². The maximum atomic E-state index is 2.45. The van der Waals surface area contributed by atoms with Crippen molar-refractivity contribution in [3.8, 4) is 66.8 Å². The van der Waals surface area contributed by atoms with Crippen molar-refractivity contribution in [1.29, 1.82) is 0 Å². The lowest BCUT2D eigenvalue weighted by atomic mass is 9.67. The minimum atomic E-state index is -0.526. The molecule has 0 bridgehead atoms. The van der Waals surface area contributed by atoms with Crippen LogP contribution in [-0.4, -0.2) is 0 Å². The Balaban J connectivity index is 0.863. The molecule has 1 aliphatic rings. The number of hydrogen-bond donors (Lipinski definition) is 0. The van der Waals surface area contributed by atoms with Crippen LogP contribution < -0.4 is 9.80 Å². The van der Waals surface area contributed by atoms with Crippen LogP contribution in [0.3, 0.4) is 0 Å². The Kier molecular flexibility index (Phi) is 13.4. The smallest absolute Gasteiger partial charge is 0.0714 e. The van der Waals surface area contributed by atoms with Crippen LogP contribution in [-0.2, 0) is 5.41 Å². The van der Waals surface area contributed by atoms with E-state index in [2.05, 4.69) is 363 Å². The zero-order valence-electron chi connectivity index (χ0n) is 47.8. The van der Waals surface area contributed by atoms with E-state index in [1.165, 1.54) is 72.0 Å². The summed E-state index contributed by atoms with van der Waals surface area (Å²) in [4.78, 5) is 4.83. The fraction of sp³-hybridized carbons (Fsp3) is 0.0238. The van der Waals surface area contributed by atoms with Gasteiger partial charge in [-0.25, -0.2) is 0 Å². The Morgan fingerprint density at radius 2 is 0.640 bits per heavy atom. The van der Waals surface area contributed by atoms with Gasteiger partial charge in [-0.1, -0.05) is 267 Å². The number of rotatable bonds is 13. The van der Waals surface area contributed by atoms with Crippen molar-refractivity contribution >= 4 is 44.9 Å². The Labute approximate surface area is 504 Å². The lowest BCUT2D eigenvalue weighted by Gasteiger charge is -2.35. The van der Waals surface area contributed by atoms with Crippen molar-refractivity contribution in [1.82, 2.24) is 0 Å². The summed E-state index contributed by atoms with van der Waals surface area (Å²) in [5.74, 6) is 0. The normalized spacial score (nSPS) is 12.1. The number of para-hydroxylation sites is 2. The van der Waals surface area contributed by atoms with E-state index in [9.17, 15) is 0 Å². The maximum absolute atomic E-state index is 2.45. The van der Waals surface area contributed by atoms with Crippen LogP contribution >= 0.6 is 0 Å². The molecule has 15 rings (SSSR count). The zero-order chi connectivity index (χ0) is 57.4. The van der Waals surface area contributed by atoms with Crippen LogP contribution in [0.2, 0.25) is 0 Å². The SMILES string of the molecule is Cc1ccccc1-c1c(N(c2ccccc2)c2ccc(-c3cc(-c4ccccc4)c(-c4ccc(N(c5ccccc5)c5ccc6c(c5)C(c5ccccc5)(c5ccccc5)c5ccccc5-6)cc4)cc3-c3ccccc3)cc2)ccc2ccccc12. The van der Waals surface area contributed by atoms with E-state index in [0.717, 1.165) is 67.5 Å². The molecule has 0 aliphatic heterocycles. The molecule has 0 saturated carbocycles. The van der Waals surface area contributed by atoms with Crippen LogP contribution in [0.25, 0.3) is 77.5 Å². The molecule has 14 aromatic rings. The highest BCUT2D eigenvalue weighted by Crippen LogP contribution is 2.57. The molecule has 0 amide bonds. The van der Waals surface area contributed by atoms with Crippen molar-refractivity contribution in [2.24, 2.45) is 0 Å². The van der Waals surface area contributed by atoms with E-state index >= 15 is 0 Å². The van der Waals surface area contributed by atoms with Crippen molar-refractivity contribution in [2.45, 2.75) is 12.3 Å². The third-order valence-corrected chi connectivity index (χ3v) is 17.5. The van der Waals surface area contributed by atoms with Gasteiger partial charge in [-0.15, -0.1) is 0 Å². The van der Waals surface area contributed by atoms with Crippen molar-refractivity contribution in [3.05, 3.63) is 374 Å². The summed E-state index contributed by atoms with van der Waals surface area (Å²) in [5, 5.41) is 2.44. The molecule has 1 aliphatic carbocycles. The molecule has 2 nitrogen and oxygen atoms in total. The second kappa shape index (κ2) is 22.3. The minimum absolute atomic E-state index is 0.526. The predicted octanol–water partition coefficient (Wildman–Crippen LogP) is 22.8. The zero-order valence-corrected chi connectivity index (χ0v) is 47.8. The molecule has 0 N–H and O–H groups in total. The average molecular weight is 1100 g/mol. The maximum Gasteiger partial charge on any atom is 0.0714 e. The first-order valence-corrected chi connectivity index (χ1v) is 29.7. The van der Waals surface area contributed by atoms with Crippen molar-refractivity contribution in [2.75, 3.05) is 9.80 Å². The third-order valence-electron chi connectivity index (χ3n) is 17.5. The summed E-state index contributed by atoms with van der Waals surface area (Å²) < 4.78 is 0. The van der Waals surface area contributed by atoms with Gasteiger partial charge in [0.05, 0.1) is 11.1 Å². The van der Waals surface area contributed by atoms with Gasteiger partial charge in [-0.3, -0.25) is 0 Å². The van der Waals surface area contributed by atoms with Crippen molar-refractivity contribution in [3.63, 3.8) is 0 Å². The summed E-state index contributed by atoms with van der Waals surface area (Å²) in [6, 6.07) is 127. The first-order valence-electron chi connectivity index (χ1n) is 29.7. The summed E-state index contributed by atoms with van der Waals surface area (Å²) in [5.41, 5.74) is 26.5. The predicted molar refractivity (Wildman–Crippen MR) is 363 cm³/mol. The standard InChI is InChI=1S/C84H60N2/c1-59-26-20-22-40-72(59)83-73-41-23-21-31-62(73)48-55-82(83)86(68-38-18-7-19-39-68)70-51-46-64(47-52-70)79-58-76(60-27-8-2-9-28-60)78(57-77(79)61-29-10-3-11-30-61)63-44-49-69(50-45-63)85(67-36-16-6-17-37-67)71-53-54-75-74-42-24-25-43-80(74)84(81(75)56-71,65-32-12-4-13-33-65)66-34-14-5-15-35-66/h2-58H,1H3. The van der Waals surface area contributed by atoms with Crippen LogP contribution in [0.1, 0.15) is 27.8 Å². The van der Waals surface area contributed by atoms with E-state index in [-0.39, 0.29) is 0 Å². The van der Waals surface area contributed by atoms with E-state index in [0.29, 0.717) is 0 Å². The monoisotopic (exact) mass is 1100 g/mol. The first-order chi connectivity index (χ1) is 42.6. The van der Waals surface area contributed by atoms with E-state index in [4.69, 9.17) is 0 Å². The second-order valence-electron chi connectivity index (χ2n) is 22.4. The quantitative estimate of drug-likeness (QED) is 0.114. The minimum Gasteiger partial charge on any atom is -0.310 e. The highest BCUT2D eigenvalue weighted by Gasteiger charge is 2.46. The lowest BCUT2D eigenvalue weighted by molar-refractivity contribution is 0.768. The van der Waals surface area contributed by atoms with Gasteiger partial charge in [-0.2, -0.15) is 0 Å². The highest BCUT2D eigenvalue weighted by atomic mass is 15.1. The lowest BCUT2D eigenvalue weighted by Crippen LogP contribution is -2.28. The fourth-order valence-corrected chi connectivity index (χ4v) is 13.6. The molecule has 0 radical (unpaired) electrons. The molecule has 0 spiro atoms. The highest BCUT2D eigenvalue weighted by molar-refractivity contribution is 6.06. The van der Waals surface area contributed by atoms with Gasteiger partial charge in [0.25, 0.3) is 0 Å². The number of hydrogen-bond acceptors (Lipinski definition) is 2. The molecule has 14 aromatic carbocycles. The molecule has 406 valence electrons. The van der Waals surface area contributed by atoms with E-state index in [1.807, 2.05) is 0 Å². The fourth-order valence-electron chi connectivity index (χ4n) is 13.6. The summed E-state index contributed by atoms with van der Waals surface area (Å²) in [7, 11) is 0. The Hall–Kier alpha value is -11.1. The Bertz CT molecular complexity index is 4680. The van der Waals surface area contributed by atoms with Crippen LogP contribution in [0.15, 0.2) is 346 Å². The topological polar surface area (TPSA) is 6.48 Å². The van der Waals surface area contributed by atoms with E-state index in [1.54, 1.807) is 0 Å². The Morgan fingerprint density at radius 1 is 0.244 bits per heavy atom.